The molecule has 0 radical (unpaired) electrons. The maximum atomic E-state index is 3.60. The molecule has 2 heteroatoms. The van der Waals surface area contributed by atoms with Gasteiger partial charge in [-0.1, -0.05) is 13.8 Å². The van der Waals surface area contributed by atoms with Crippen LogP contribution < -0.4 is 5.32 Å². The van der Waals surface area contributed by atoms with Gasteiger partial charge in [-0.3, -0.25) is 0 Å². The quantitative estimate of drug-likeness (QED) is 0.699. The number of nitrogens with one attached hydrogen (secondary N) is 1. The van der Waals surface area contributed by atoms with E-state index in [2.05, 4.69) is 25.4 Å². The van der Waals surface area contributed by atoms with Crippen molar-refractivity contribution >= 4 is 11.8 Å². The summed E-state index contributed by atoms with van der Waals surface area (Å²) < 4.78 is 0. The zero-order valence-electron chi connectivity index (χ0n) is 7.76. The van der Waals surface area contributed by atoms with E-state index in [1.54, 1.807) is 0 Å². The fourth-order valence-corrected chi connectivity index (χ4v) is 1.63. The molecule has 0 heterocycles. The van der Waals surface area contributed by atoms with Crippen molar-refractivity contribution < 1.29 is 0 Å². The highest BCUT2D eigenvalue weighted by molar-refractivity contribution is 7.99. The number of thioether (sulfide) groups is 1. The first-order valence-corrected chi connectivity index (χ1v) is 5.79. The molecule has 0 bridgehead atoms. The summed E-state index contributed by atoms with van der Waals surface area (Å²) in [4.78, 5) is 0. The Morgan fingerprint density at radius 2 is 2.27 bits per heavy atom. The highest BCUT2D eigenvalue weighted by Gasteiger charge is 2.25. The molecule has 1 N–H and O–H groups in total. The third-order valence-electron chi connectivity index (χ3n) is 2.69. The Morgan fingerprint density at radius 3 is 2.64 bits per heavy atom. The molecule has 3 atom stereocenters. The van der Waals surface area contributed by atoms with Crippen LogP contribution in [0, 0.1) is 5.92 Å². The highest BCUT2D eigenvalue weighted by atomic mass is 32.2. The monoisotopic (exact) mass is 173 g/mol. The van der Waals surface area contributed by atoms with Crippen LogP contribution in [0.15, 0.2) is 0 Å². The third-order valence-corrected chi connectivity index (χ3v) is 3.66. The second-order valence-corrected chi connectivity index (χ2v) is 4.89. The van der Waals surface area contributed by atoms with Gasteiger partial charge in [0.05, 0.1) is 0 Å². The molecule has 1 saturated carbocycles. The molecule has 1 nitrogen and oxygen atoms in total. The molecule has 0 aromatic rings. The molecule has 1 rings (SSSR count). The molecule has 11 heavy (non-hydrogen) atoms. The molecule has 0 saturated heterocycles. The van der Waals surface area contributed by atoms with E-state index < -0.39 is 0 Å². The van der Waals surface area contributed by atoms with Crippen molar-refractivity contribution in [3.8, 4) is 0 Å². The lowest BCUT2D eigenvalue weighted by molar-refractivity contribution is 0.231. The summed E-state index contributed by atoms with van der Waals surface area (Å²) in [6.45, 7) is 5.79. The van der Waals surface area contributed by atoms with Crippen LogP contribution >= 0.6 is 11.8 Å². The van der Waals surface area contributed by atoms with E-state index in [1.807, 2.05) is 11.8 Å². The van der Waals surface area contributed by atoms with E-state index in [-0.39, 0.29) is 0 Å². The van der Waals surface area contributed by atoms with Gasteiger partial charge in [0, 0.05) is 17.8 Å². The van der Waals surface area contributed by atoms with Crippen LogP contribution in [0.25, 0.3) is 0 Å². The molecule has 0 amide bonds. The van der Waals surface area contributed by atoms with Crippen LogP contribution in [0.3, 0.4) is 0 Å². The van der Waals surface area contributed by atoms with Gasteiger partial charge in [-0.05, 0) is 25.0 Å². The zero-order valence-corrected chi connectivity index (χ0v) is 8.58. The summed E-state index contributed by atoms with van der Waals surface area (Å²) >= 11 is 1.94. The summed E-state index contributed by atoms with van der Waals surface area (Å²) in [5.74, 6) is 0.920. The van der Waals surface area contributed by atoms with Crippen LogP contribution in [0.2, 0.25) is 0 Å². The average molecular weight is 173 g/mol. The Labute approximate surface area is 74.3 Å². The van der Waals surface area contributed by atoms with E-state index in [0.717, 1.165) is 17.2 Å². The highest BCUT2D eigenvalue weighted by Crippen LogP contribution is 2.26. The molecular weight excluding hydrogens is 154 g/mol. The Kier molecular flexibility index (Phi) is 3.73. The van der Waals surface area contributed by atoms with Gasteiger partial charge >= 0.3 is 0 Å². The van der Waals surface area contributed by atoms with Gasteiger partial charge in [0.2, 0.25) is 0 Å². The standard InChI is InChI=1S/C9H19NS/c1-7-4-5-9(7)10-6-8(2)11-3/h7-10H,4-6H2,1-3H3. The summed E-state index contributed by atoms with van der Waals surface area (Å²) in [6.07, 6.45) is 4.99. The Bertz CT molecular complexity index is 116. The Balaban J connectivity index is 2.02. The van der Waals surface area contributed by atoms with Crippen molar-refractivity contribution in [2.45, 2.75) is 38.0 Å². The van der Waals surface area contributed by atoms with E-state index >= 15 is 0 Å². The predicted molar refractivity (Wildman–Crippen MR) is 53.2 cm³/mol. The van der Waals surface area contributed by atoms with E-state index in [9.17, 15) is 0 Å². The molecule has 0 spiro atoms. The van der Waals surface area contributed by atoms with Gasteiger partial charge < -0.3 is 5.32 Å². The fraction of sp³-hybridized carbons (Fsp3) is 1.00. The van der Waals surface area contributed by atoms with Crippen LogP contribution in [0.5, 0.6) is 0 Å². The second kappa shape index (κ2) is 4.36. The molecule has 0 aliphatic heterocycles. The largest absolute Gasteiger partial charge is 0.313 e. The van der Waals surface area contributed by atoms with Crippen molar-refractivity contribution in [2.75, 3.05) is 12.8 Å². The van der Waals surface area contributed by atoms with Gasteiger partial charge in [0.25, 0.3) is 0 Å². The summed E-state index contributed by atoms with van der Waals surface area (Å²) in [6, 6.07) is 0.824. The first-order valence-electron chi connectivity index (χ1n) is 4.50. The number of hydrogen-bond acceptors (Lipinski definition) is 2. The number of hydrogen-bond donors (Lipinski definition) is 1. The lowest BCUT2D eigenvalue weighted by Crippen LogP contribution is -2.44. The first kappa shape index (κ1) is 9.40. The van der Waals surface area contributed by atoms with Crippen molar-refractivity contribution in [2.24, 2.45) is 5.92 Å². The third kappa shape index (κ3) is 2.68. The normalized spacial score (nSPS) is 33.0. The minimum atomic E-state index is 0.766. The smallest absolute Gasteiger partial charge is 0.0141 e. The van der Waals surface area contributed by atoms with E-state index in [1.165, 1.54) is 19.4 Å². The lowest BCUT2D eigenvalue weighted by atomic mass is 9.81. The van der Waals surface area contributed by atoms with Crippen LogP contribution in [-0.2, 0) is 0 Å². The molecule has 0 aromatic carbocycles. The van der Waals surface area contributed by atoms with Crippen LogP contribution in [0.4, 0.5) is 0 Å². The summed E-state index contributed by atoms with van der Waals surface area (Å²) in [5, 5.41) is 4.37. The summed E-state index contributed by atoms with van der Waals surface area (Å²) in [5.41, 5.74) is 0. The lowest BCUT2D eigenvalue weighted by Gasteiger charge is -2.35. The Morgan fingerprint density at radius 1 is 1.55 bits per heavy atom. The van der Waals surface area contributed by atoms with Crippen molar-refractivity contribution in [1.29, 1.82) is 0 Å². The van der Waals surface area contributed by atoms with Crippen LogP contribution in [0.1, 0.15) is 26.7 Å². The zero-order chi connectivity index (χ0) is 8.27. The molecule has 1 fully saturated rings. The van der Waals surface area contributed by atoms with Gasteiger partial charge in [0.15, 0.2) is 0 Å². The van der Waals surface area contributed by atoms with E-state index in [0.29, 0.717) is 0 Å². The molecule has 1 aliphatic rings. The fourth-order valence-electron chi connectivity index (χ4n) is 1.37. The molecule has 3 unspecified atom stereocenters. The van der Waals surface area contributed by atoms with Gasteiger partial charge in [0.1, 0.15) is 0 Å². The van der Waals surface area contributed by atoms with Crippen molar-refractivity contribution in [3.63, 3.8) is 0 Å². The van der Waals surface area contributed by atoms with Gasteiger partial charge in [-0.2, -0.15) is 11.8 Å². The maximum Gasteiger partial charge on any atom is 0.0141 e. The summed E-state index contributed by atoms with van der Waals surface area (Å²) in [7, 11) is 0. The number of rotatable bonds is 4. The van der Waals surface area contributed by atoms with Crippen molar-refractivity contribution in [1.82, 2.24) is 5.32 Å². The average Bonchev–Trinajstić information content (AvgIpc) is 2.01. The Hall–Kier alpha value is 0.310. The first-order chi connectivity index (χ1) is 5.24. The molecule has 1 aliphatic carbocycles. The second-order valence-electron chi connectivity index (χ2n) is 3.62. The van der Waals surface area contributed by atoms with Crippen molar-refractivity contribution in [3.05, 3.63) is 0 Å². The molecule has 0 aromatic heterocycles. The molecule has 66 valence electrons. The topological polar surface area (TPSA) is 12.0 Å². The predicted octanol–water partition coefficient (Wildman–Crippen LogP) is 2.13. The van der Waals surface area contributed by atoms with Gasteiger partial charge in [-0.15, -0.1) is 0 Å². The van der Waals surface area contributed by atoms with Gasteiger partial charge in [-0.25, -0.2) is 0 Å². The minimum Gasteiger partial charge on any atom is -0.313 e. The van der Waals surface area contributed by atoms with E-state index in [4.69, 9.17) is 0 Å². The SMILES string of the molecule is CSC(C)CNC1CCC1C. The van der Waals surface area contributed by atoms with Crippen LogP contribution in [-0.4, -0.2) is 24.1 Å². The maximum absolute atomic E-state index is 3.60. The molecular formula is C9H19NS. The minimum absolute atomic E-state index is 0.766.